The molecule has 10 heteroatoms. The molecule has 0 amide bonds. The van der Waals surface area contributed by atoms with Crippen molar-refractivity contribution in [2.75, 3.05) is 19.0 Å². The number of benzene rings is 2. The Morgan fingerprint density at radius 1 is 0.805 bits per heavy atom. The zero-order chi connectivity index (χ0) is 28.6. The molecule has 4 aromatic heterocycles. The first-order valence-electron chi connectivity index (χ1n) is 12.2. The van der Waals surface area contributed by atoms with Gasteiger partial charge in [0.2, 0.25) is 0 Å². The van der Waals surface area contributed by atoms with Crippen molar-refractivity contribution < 1.29 is 13.6 Å². The minimum absolute atomic E-state index is 0.0404. The third-order valence-corrected chi connectivity index (χ3v) is 12.2. The third kappa shape index (κ3) is 3.95. The molecule has 0 atom stereocenters. The molecular formula is C31H15F2N3OS4. The van der Waals surface area contributed by atoms with E-state index in [9.17, 15) is 24.1 Å². The molecule has 4 heterocycles. The molecule has 0 unspecified atom stereocenters. The van der Waals surface area contributed by atoms with Gasteiger partial charge in [0.25, 0.3) is 0 Å². The Balaban J connectivity index is 1.31. The van der Waals surface area contributed by atoms with Crippen molar-refractivity contribution in [2.24, 2.45) is 0 Å². The van der Waals surface area contributed by atoms with Gasteiger partial charge in [-0.15, -0.1) is 45.3 Å². The molecule has 0 N–H and O–H groups in total. The molecule has 2 aromatic carbocycles. The zero-order valence-electron chi connectivity index (χ0n) is 21.3. The van der Waals surface area contributed by atoms with Crippen LogP contribution in [0.3, 0.4) is 0 Å². The number of ketones is 1. The van der Waals surface area contributed by atoms with E-state index in [0.29, 0.717) is 0 Å². The van der Waals surface area contributed by atoms with Crippen LogP contribution in [0.4, 0.5) is 14.5 Å². The number of Topliss-reactive ketones (excluding diaryl/α,β-unsaturated/α-hetero) is 1. The summed E-state index contributed by atoms with van der Waals surface area (Å²) in [6.07, 6.45) is 1.62. The molecule has 1 aliphatic carbocycles. The van der Waals surface area contributed by atoms with Crippen molar-refractivity contribution in [1.82, 2.24) is 0 Å². The van der Waals surface area contributed by atoms with Crippen LogP contribution in [0.2, 0.25) is 0 Å². The Labute approximate surface area is 248 Å². The van der Waals surface area contributed by atoms with Crippen LogP contribution in [0.25, 0.3) is 50.3 Å². The van der Waals surface area contributed by atoms with Crippen molar-refractivity contribution in [2.45, 2.75) is 0 Å². The van der Waals surface area contributed by atoms with E-state index in [2.05, 4.69) is 35.2 Å². The van der Waals surface area contributed by atoms with E-state index in [1.54, 1.807) is 52.2 Å². The molecule has 41 heavy (non-hydrogen) atoms. The highest BCUT2D eigenvalue weighted by molar-refractivity contribution is 7.45. The van der Waals surface area contributed by atoms with Crippen LogP contribution in [-0.2, 0) is 0 Å². The normalized spacial score (nSPS) is 13.9. The fourth-order valence-electron chi connectivity index (χ4n) is 5.01. The number of anilines is 1. The summed E-state index contributed by atoms with van der Waals surface area (Å²) >= 11 is 6.73. The third-order valence-electron chi connectivity index (χ3n) is 6.97. The van der Waals surface area contributed by atoms with Crippen molar-refractivity contribution in [3.8, 4) is 22.6 Å². The second-order valence-electron chi connectivity index (χ2n) is 9.62. The molecule has 0 fully saturated rings. The second-order valence-corrected chi connectivity index (χ2v) is 13.9. The fourth-order valence-corrected chi connectivity index (χ4v) is 10.6. The van der Waals surface area contributed by atoms with Gasteiger partial charge in [0.1, 0.15) is 17.7 Å². The summed E-state index contributed by atoms with van der Waals surface area (Å²) in [5.74, 6) is -2.84. The van der Waals surface area contributed by atoms with Crippen LogP contribution in [0.5, 0.6) is 0 Å². The van der Waals surface area contributed by atoms with Gasteiger partial charge in [-0.1, -0.05) is 12.1 Å². The number of allylic oxidation sites excluding steroid dienone is 3. The van der Waals surface area contributed by atoms with Crippen molar-refractivity contribution in [3.05, 3.63) is 87.3 Å². The molecule has 0 saturated carbocycles. The van der Waals surface area contributed by atoms with Crippen molar-refractivity contribution >= 4 is 96.7 Å². The lowest BCUT2D eigenvalue weighted by molar-refractivity contribution is 0.104. The van der Waals surface area contributed by atoms with E-state index in [-0.39, 0.29) is 27.8 Å². The molecular weight excluding hydrogens is 597 g/mol. The van der Waals surface area contributed by atoms with Gasteiger partial charge in [-0.2, -0.15) is 10.5 Å². The molecule has 4 nitrogen and oxygen atoms in total. The number of halogens is 2. The summed E-state index contributed by atoms with van der Waals surface area (Å²) in [4.78, 5) is 17.3. The monoisotopic (exact) mass is 611 g/mol. The summed E-state index contributed by atoms with van der Waals surface area (Å²) in [6, 6.07) is 18.1. The smallest absolute Gasteiger partial charge is 0.194 e. The number of fused-ring (bicyclic) bond motifs is 6. The minimum atomic E-state index is -1.15. The number of carbonyl (C=O) groups is 1. The van der Waals surface area contributed by atoms with Crippen LogP contribution in [-0.4, -0.2) is 19.9 Å². The molecule has 7 rings (SSSR count). The summed E-state index contributed by atoms with van der Waals surface area (Å²) in [6.45, 7) is 0. The first kappa shape index (κ1) is 25.8. The zero-order valence-corrected chi connectivity index (χ0v) is 24.6. The maximum Gasteiger partial charge on any atom is 0.194 e. The number of hydrogen-bond donors (Lipinski definition) is 0. The Morgan fingerprint density at radius 2 is 1.41 bits per heavy atom. The lowest BCUT2D eigenvalue weighted by Crippen LogP contribution is -2.07. The van der Waals surface area contributed by atoms with Gasteiger partial charge in [0, 0.05) is 55.6 Å². The quantitative estimate of drug-likeness (QED) is 0.148. The number of nitriles is 2. The number of carbonyl (C=O) groups excluding carboxylic acids is 1. The standard InChI is InChI=1S/C31H15F2N3OS4/c1-36(2)16-5-3-14(4-6-16)23-11-25-29(39-23)31-30(41-25)28-24(40-31)8-17(38-28)7-20-26(15(12-34)13-35)18-9-21(32)22(33)10-19(18)27(20)37/h3-11H,1-2H3/b20-7-. The van der Waals surface area contributed by atoms with Crippen LogP contribution in [0, 0.1) is 34.3 Å². The van der Waals surface area contributed by atoms with Crippen molar-refractivity contribution in [3.63, 3.8) is 0 Å². The predicted molar refractivity (Wildman–Crippen MR) is 167 cm³/mol. The largest absolute Gasteiger partial charge is 0.378 e. The van der Waals surface area contributed by atoms with Crippen LogP contribution >= 0.6 is 45.3 Å². The summed E-state index contributed by atoms with van der Waals surface area (Å²) in [7, 11) is 4.05. The maximum absolute atomic E-state index is 14.1. The van der Waals surface area contributed by atoms with E-state index in [1.165, 1.54) is 40.6 Å². The maximum atomic E-state index is 14.1. The molecule has 0 spiro atoms. The first-order chi connectivity index (χ1) is 19.8. The Hall–Kier alpha value is -4.19. The van der Waals surface area contributed by atoms with Gasteiger partial charge >= 0.3 is 0 Å². The highest BCUT2D eigenvalue weighted by atomic mass is 32.1. The van der Waals surface area contributed by atoms with Crippen LogP contribution in [0.1, 0.15) is 20.8 Å². The number of rotatable bonds is 3. The molecule has 1 aliphatic rings. The Morgan fingerprint density at radius 3 is 2.05 bits per heavy atom. The van der Waals surface area contributed by atoms with Gasteiger partial charge in [0.15, 0.2) is 17.4 Å². The topological polar surface area (TPSA) is 67.9 Å². The number of thiophene rings is 4. The summed E-state index contributed by atoms with van der Waals surface area (Å²) < 4.78 is 35.1. The lowest BCUT2D eigenvalue weighted by Gasteiger charge is -2.12. The minimum Gasteiger partial charge on any atom is -0.378 e. The predicted octanol–water partition coefficient (Wildman–Crippen LogP) is 9.48. The molecule has 0 aliphatic heterocycles. The Kier molecular flexibility index (Phi) is 5.93. The highest BCUT2D eigenvalue weighted by Gasteiger charge is 2.34. The molecule has 6 aromatic rings. The lowest BCUT2D eigenvalue weighted by atomic mass is 9.99. The average molecular weight is 612 g/mol. The molecule has 0 radical (unpaired) electrons. The average Bonchev–Trinajstić information content (AvgIpc) is 3.74. The van der Waals surface area contributed by atoms with Crippen LogP contribution < -0.4 is 4.90 Å². The molecule has 0 bridgehead atoms. The van der Waals surface area contributed by atoms with Gasteiger partial charge in [-0.05, 0) is 53.6 Å². The highest BCUT2D eigenvalue weighted by Crippen LogP contribution is 2.51. The second kappa shape index (κ2) is 9.44. The number of hydrogen-bond acceptors (Lipinski definition) is 8. The van der Waals surface area contributed by atoms with E-state index >= 15 is 0 Å². The van der Waals surface area contributed by atoms with E-state index in [4.69, 9.17) is 0 Å². The van der Waals surface area contributed by atoms with Gasteiger partial charge in [-0.25, -0.2) is 8.78 Å². The van der Waals surface area contributed by atoms with Gasteiger partial charge in [0.05, 0.1) is 18.8 Å². The fraction of sp³-hybridized carbons (Fsp3) is 0.0645. The number of nitrogens with zero attached hydrogens (tertiary/aromatic N) is 3. The van der Waals surface area contributed by atoms with Gasteiger partial charge in [-0.3, -0.25) is 4.79 Å². The van der Waals surface area contributed by atoms with E-state index < -0.39 is 17.4 Å². The van der Waals surface area contributed by atoms with Gasteiger partial charge < -0.3 is 4.90 Å². The SMILES string of the molecule is CN(C)c1ccc(-c2cc3sc4c5sc(/C=C6\C(=O)c7cc(F)c(F)cc7C6=C(C#N)C#N)cc5sc4c3s2)cc1. The molecule has 0 saturated heterocycles. The molecule has 198 valence electrons. The Bertz CT molecular complexity index is 2230. The summed E-state index contributed by atoms with van der Waals surface area (Å²) in [5, 5.41) is 19.1. The first-order valence-corrected chi connectivity index (χ1v) is 15.5. The van der Waals surface area contributed by atoms with E-state index in [0.717, 1.165) is 32.1 Å². The van der Waals surface area contributed by atoms with Crippen molar-refractivity contribution in [1.29, 1.82) is 10.5 Å². The van der Waals surface area contributed by atoms with E-state index in [1.807, 2.05) is 20.2 Å². The van der Waals surface area contributed by atoms with Crippen LogP contribution in [0.15, 0.2) is 59.7 Å². The summed E-state index contributed by atoms with van der Waals surface area (Å²) in [5.41, 5.74) is 2.15.